The molecular weight excluding hydrogens is 476 g/mol. The minimum Gasteiger partial charge on any atom is -0.457 e. The summed E-state index contributed by atoms with van der Waals surface area (Å²) in [5.74, 6) is 0.622. The van der Waals surface area contributed by atoms with Crippen molar-refractivity contribution in [3.8, 4) is 22.9 Å². The van der Waals surface area contributed by atoms with Gasteiger partial charge in [0, 0.05) is 18.7 Å². The summed E-state index contributed by atoms with van der Waals surface area (Å²) < 4.78 is 13.1. The zero-order chi connectivity index (χ0) is 26.6. The van der Waals surface area contributed by atoms with Gasteiger partial charge in [-0.15, -0.1) is 0 Å². The lowest BCUT2D eigenvalue weighted by Crippen LogP contribution is -2.23. The van der Waals surface area contributed by atoms with Crippen LogP contribution in [0.2, 0.25) is 0 Å². The molecule has 5 aromatic rings. The average Bonchev–Trinajstić information content (AvgIpc) is 3.24. The van der Waals surface area contributed by atoms with E-state index in [0.29, 0.717) is 22.9 Å². The first-order valence-corrected chi connectivity index (χ1v) is 11.2. The number of fused-ring (bicyclic) bond motifs is 2. The maximum atomic E-state index is 13.1. The first-order valence-electron chi connectivity index (χ1n) is 11.2. The normalized spacial score (nSPS) is 11.2. The fraction of sp³-hybridized carbons (Fsp3) is 0.107. The summed E-state index contributed by atoms with van der Waals surface area (Å²) in [7, 11) is 1.35. The molecule has 0 atom stereocenters. The minimum absolute atomic E-state index is 0.0667. The fourth-order valence-electron chi connectivity index (χ4n) is 4.07. The van der Waals surface area contributed by atoms with E-state index in [9.17, 15) is 24.0 Å². The monoisotopic (exact) mass is 496 g/mol. The molecule has 0 saturated heterocycles. The van der Waals surface area contributed by atoms with E-state index in [-0.39, 0.29) is 27.1 Å². The van der Waals surface area contributed by atoms with Gasteiger partial charge >= 0.3 is 5.97 Å². The largest absolute Gasteiger partial charge is 0.457 e. The predicted molar refractivity (Wildman–Crippen MR) is 139 cm³/mol. The molecule has 0 radical (unpaired) electrons. The van der Waals surface area contributed by atoms with Crippen LogP contribution in [0.1, 0.15) is 12.5 Å². The Morgan fingerprint density at radius 3 is 1.81 bits per heavy atom. The summed E-state index contributed by atoms with van der Waals surface area (Å²) in [6.45, 7) is 6.92. The minimum atomic E-state index is -0.589. The summed E-state index contributed by atoms with van der Waals surface area (Å²) in [6, 6.07) is 13.9. The van der Waals surface area contributed by atoms with Crippen molar-refractivity contribution in [1.29, 1.82) is 0 Å². The van der Waals surface area contributed by atoms with Crippen LogP contribution in [0.15, 0.2) is 85.9 Å². The Bertz CT molecular complexity index is 1890. The van der Waals surface area contributed by atoms with Crippen molar-refractivity contribution in [2.45, 2.75) is 13.8 Å². The number of hydrogen-bond acceptors (Lipinski definition) is 7. The first-order chi connectivity index (χ1) is 17.6. The van der Waals surface area contributed by atoms with Gasteiger partial charge in [-0.2, -0.15) is 0 Å². The van der Waals surface area contributed by atoms with Crippen LogP contribution in [0.25, 0.3) is 27.2 Å². The van der Waals surface area contributed by atoms with E-state index in [4.69, 9.17) is 9.47 Å². The van der Waals surface area contributed by atoms with Gasteiger partial charge in [0.1, 0.15) is 17.2 Å². The van der Waals surface area contributed by atoms with Crippen molar-refractivity contribution in [2.75, 3.05) is 0 Å². The van der Waals surface area contributed by atoms with Gasteiger partial charge in [0.2, 0.25) is 0 Å². The standard InChI is InChI=1S/C28H20N2O7/c1-14(2)28(35)37-23-11-18(8-5-15(23)3)36-17-9-6-16(7-10-17)30-26(33)21-12-19-20(13-22(21)27(30)34)25(32)29(4)24(19)31/h5-13H,1H2,2-4H3. The highest BCUT2D eigenvalue weighted by Crippen LogP contribution is 2.29. The van der Waals surface area contributed by atoms with Gasteiger partial charge in [0.05, 0.1) is 27.2 Å². The Balaban J connectivity index is 1.49. The predicted octanol–water partition coefficient (Wildman–Crippen LogP) is 3.02. The number of rotatable bonds is 5. The zero-order valence-electron chi connectivity index (χ0n) is 20.2. The Morgan fingerprint density at radius 1 is 0.757 bits per heavy atom. The number of hydrogen-bond donors (Lipinski definition) is 0. The molecule has 184 valence electrons. The van der Waals surface area contributed by atoms with E-state index < -0.39 is 28.2 Å². The van der Waals surface area contributed by atoms with E-state index in [0.717, 1.165) is 14.7 Å². The third kappa shape index (κ3) is 3.86. The van der Waals surface area contributed by atoms with Crippen molar-refractivity contribution in [2.24, 2.45) is 7.05 Å². The van der Waals surface area contributed by atoms with E-state index >= 15 is 0 Å². The molecule has 37 heavy (non-hydrogen) atoms. The number of ether oxygens (including phenoxy) is 2. The molecule has 0 amide bonds. The van der Waals surface area contributed by atoms with Gasteiger partial charge in [-0.05, 0) is 61.9 Å². The second kappa shape index (κ2) is 8.56. The Labute approximate surface area is 208 Å². The quantitative estimate of drug-likeness (QED) is 0.209. The number of aryl methyl sites for hydroxylation is 1. The molecule has 3 aromatic carbocycles. The molecule has 2 heterocycles. The van der Waals surface area contributed by atoms with E-state index in [2.05, 4.69) is 6.58 Å². The maximum Gasteiger partial charge on any atom is 0.338 e. The summed E-state index contributed by atoms with van der Waals surface area (Å²) in [5, 5.41) is 0.336. The number of esters is 1. The van der Waals surface area contributed by atoms with Crippen molar-refractivity contribution < 1.29 is 14.3 Å². The van der Waals surface area contributed by atoms with Crippen LogP contribution >= 0.6 is 0 Å². The van der Waals surface area contributed by atoms with Crippen molar-refractivity contribution in [3.63, 3.8) is 0 Å². The van der Waals surface area contributed by atoms with Gasteiger partial charge in [-0.1, -0.05) is 12.6 Å². The smallest absolute Gasteiger partial charge is 0.338 e. The average molecular weight is 496 g/mol. The molecule has 0 fully saturated rings. The molecular formula is C28H20N2O7. The van der Waals surface area contributed by atoms with Gasteiger partial charge in [0.15, 0.2) is 0 Å². The van der Waals surface area contributed by atoms with Gasteiger partial charge in [-0.3, -0.25) is 23.7 Å². The lowest BCUT2D eigenvalue weighted by molar-refractivity contribution is -0.130. The fourth-order valence-corrected chi connectivity index (χ4v) is 4.07. The van der Waals surface area contributed by atoms with Crippen LogP contribution in [-0.2, 0) is 11.8 Å². The number of benzene rings is 3. The van der Waals surface area contributed by atoms with Crippen LogP contribution in [0.4, 0.5) is 0 Å². The Kier molecular flexibility index (Phi) is 5.48. The Hall–Kier alpha value is -5.05. The highest BCUT2D eigenvalue weighted by Gasteiger charge is 2.19. The molecule has 0 unspecified atom stereocenters. The molecule has 2 aromatic heterocycles. The van der Waals surface area contributed by atoms with Crippen LogP contribution in [0.3, 0.4) is 0 Å². The maximum absolute atomic E-state index is 13.1. The van der Waals surface area contributed by atoms with Gasteiger partial charge in [0.25, 0.3) is 22.2 Å². The van der Waals surface area contributed by atoms with Crippen LogP contribution in [0, 0.1) is 6.92 Å². The topological polar surface area (TPSA) is 114 Å². The summed E-state index contributed by atoms with van der Waals surface area (Å²) in [4.78, 5) is 62.6. The highest BCUT2D eigenvalue weighted by atomic mass is 16.5. The molecule has 0 N–H and O–H groups in total. The van der Waals surface area contributed by atoms with E-state index in [1.807, 2.05) is 0 Å². The molecule has 0 spiro atoms. The molecule has 0 bridgehead atoms. The van der Waals surface area contributed by atoms with Gasteiger partial charge in [-0.25, -0.2) is 9.36 Å². The molecule has 9 heteroatoms. The summed E-state index contributed by atoms with van der Waals surface area (Å²) >= 11 is 0. The number of nitrogens with zero attached hydrogens (tertiary/aromatic N) is 2. The number of carbonyl (C=O) groups excluding carboxylic acids is 1. The highest BCUT2D eigenvalue weighted by molar-refractivity contribution is 5.98. The van der Waals surface area contributed by atoms with Crippen LogP contribution in [0.5, 0.6) is 17.2 Å². The van der Waals surface area contributed by atoms with E-state index in [1.54, 1.807) is 56.3 Å². The molecule has 5 rings (SSSR count). The number of aromatic nitrogens is 2. The van der Waals surface area contributed by atoms with E-state index in [1.165, 1.54) is 19.2 Å². The van der Waals surface area contributed by atoms with Crippen LogP contribution < -0.4 is 31.7 Å². The molecule has 0 aliphatic rings. The lowest BCUT2D eigenvalue weighted by Gasteiger charge is -2.11. The first kappa shape index (κ1) is 23.7. The van der Waals surface area contributed by atoms with Crippen LogP contribution in [-0.4, -0.2) is 15.1 Å². The third-order valence-electron chi connectivity index (χ3n) is 6.14. The summed E-state index contributed by atoms with van der Waals surface area (Å²) in [5.41, 5.74) is -0.905. The second-order valence-electron chi connectivity index (χ2n) is 8.75. The van der Waals surface area contributed by atoms with Crippen molar-refractivity contribution in [1.82, 2.24) is 9.13 Å². The molecule has 0 saturated carbocycles. The number of carbonyl (C=O) groups is 1. The summed E-state index contributed by atoms with van der Waals surface area (Å²) in [6.07, 6.45) is 0. The SMILES string of the molecule is C=C(C)C(=O)Oc1cc(Oc2ccc(-n3c(=O)c4cc5c(=O)n(C)c(=O)c5cc4c3=O)cc2)ccc1C. The lowest BCUT2D eigenvalue weighted by atomic mass is 10.1. The Morgan fingerprint density at radius 2 is 1.27 bits per heavy atom. The van der Waals surface area contributed by atoms with Crippen molar-refractivity contribution >= 4 is 27.5 Å². The molecule has 0 aliphatic carbocycles. The van der Waals surface area contributed by atoms with Gasteiger partial charge < -0.3 is 9.47 Å². The third-order valence-corrected chi connectivity index (χ3v) is 6.14. The zero-order valence-corrected chi connectivity index (χ0v) is 20.2. The molecule has 9 nitrogen and oxygen atoms in total. The molecule has 0 aliphatic heterocycles. The van der Waals surface area contributed by atoms with Crippen molar-refractivity contribution in [3.05, 3.63) is 114 Å². The second-order valence-corrected chi connectivity index (χ2v) is 8.75.